The van der Waals surface area contributed by atoms with Crippen molar-refractivity contribution in [3.8, 4) is 20.9 Å². The number of benzene rings is 4. The van der Waals surface area contributed by atoms with Crippen LogP contribution in [0.15, 0.2) is 109 Å². The second-order valence-electron chi connectivity index (χ2n) is 14.9. The van der Waals surface area contributed by atoms with E-state index in [1.165, 1.54) is 45.1 Å². The second-order valence-corrected chi connectivity index (χ2v) is 17.3. The molecule has 4 atom stereocenters. The van der Waals surface area contributed by atoms with E-state index < -0.39 is 12.2 Å². The quantitative estimate of drug-likeness (QED) is 0.0813. The number of hydrogen-bond acceptors (Lipinski definition) is 8. The van der Waals surface area contributed by atoms with Gasteiger partial charge in [-0.1, -0.05) is 68.4 Å². The van der Waals surface area contributed by atoms with Gasteiger partial charge in [0.1, 0.15) is 11.6 Å². The van der Waals surface area contributed by atoms with E-state index in [1.807, 2.05) is 51.1 Å². The lowest BCUT2D eigenvalue weighted by Gasteiger charge is -2.32. The Morgan fingerprint density at radius 2 is 1.27 bits per heavy atom. The lowest BCUT2D eigenvalue weighted by Crippen LogP contribution is -2.33. The number of Topliss-reactive ketones (excluding diaryl/α,β-unsaturated/α-hetero) is 1. The number of hydrogen-bond donors (Lipinski definition) is 4. The molecule has 1 fully saturated rings. The molecule has 0 amide bonds. The number of aliphatic hydroxyl groups is 4. The predicted octanol–water partition coefficient (Wildman–Crippen LogP) is 11.2. The van der Waals surface area contributed by atoms with Crippen molar-refractivity contribution >= 4 is 28.5 Å². The molecule has 6 aromatic rings. The summed E-state index contributed by atoms with van der Waals surface area (Å²) >= 11 is 3.38. The van der Waals surface area contributed by atoms with Crippen molar-refractivity contribution in [2.45, 2.75) is 97.1 Å². The molecule has 1 aliphatic rings. The molecule has 1 saturated heterocycles. The number of carbonyl (C=O) groups is 1. The first kappa shape index (κ1) is 46.7. The Kier molecular flexibility index (Phi) is 17.9. The van der Waals surface area contributed by atoms with Gasteiger partial charge in [0.05, 0.1) is 37.6 Å². The third-order valence-corrected chi connectivity index (χ3v) is 12.7. The van der Waals surface area contributed by atoms with E-state index in [0.29, 0.717) is 37.7 Å². The van der Waals surface area contributed by atoms with Crippen molar-refractivity contribution in [2.75, 3.05) is 13.2 Å². The van der Waals surface area contributed by atoms with Gasteiger partial charge in [-0.05, 0) is 120 Å². The van der Waals surface area contributed by atoms with Crippen molar-refractivity contribution in [1.29, 1.82) is 0 Å². The van der Waals surface area contributed by atoms with E-state index in [9.17, 15) is 28.9 Å². The summed E-state index contributed by atoms with van der Waals surface area (Å²) in [5.74, 6) is -0.417. The standard InChI is InChI=1S/2C24H25FO3S.C2H6/c1-15-2-3-17(23-13-20(27)12-21(14-26)28-23)10-18(15)11-22-8-9-24(29-22)16-4-6-19(25)7-5-16;1-16-5-6-18(23(28)4-2-3-21(27)15-26)13-19(16)14-22-11-12-24(29-22)17-7-9-20(25)10-8-17;1-2/h2-10,20-21,23,26-27H,11-14H2,1H3;5-13,21,26-27H,2-4,14-15H2,1H3;1-2H3. The number of ether oxygens (including phenoxy) is 1. The molecule has 0 aliphatic carbocycles. The number of carbonyl (C=O) groups excluding carboxylic acids is 1. The van der Waals surface area contributed by atoms with Gasteiger partial charge in [0.2, 0.25) is 0 Å². The molecular formula is C50H56F2O6S2. The van der Waals surface area contributed by atoms with Crippen LogP contribution in [-0.4, -0.2) is 57.7 Å². The van der Waals surface area contributed by atoms with Crippen LogP contribution >= 0.6 is 22.7 Å². The Bertz CT molecular complexity index is 2250. The highest BCUT2D eigenvalue weighted by Crippen LogP contribution is 2.35. The molecule has 0 radical (unpaired) electrons. The highest BCUT2D eigenvalue weighted by atomic mass is 32.1. The lowest BCUT2D eigenvalue weighted by molar-refractivity contribution is -0.113. The topological polar surface area (TPSA) is 107 Å². The van der Waals surface area contributed by atoms with Gasteiger partial charge in [-0.2, -0.15) is 0 Å². The van der Waals surface area contributed by atoms with Gasteiger partial charge in [-0.3, -0.25) is 4.79 Å². The summed E-state index contributed by atoms with van der Waals surface area (Å²) in [4.78, 5) is 17.1. The highest BCUT2D eigenvalue weighted by Gasteiger charge is 2.29. The Balaban J connectivity index is 0.000000219. The number of halogens is 2. The Morgan fingerprint density at radius 1 is 0.733 bits per heavy atom. The first-order valence-corrected chi connectivity index (χ1v) is 22.3. The molecule has 0 saturated carbocycles. The number of rotatable bonds is 14. The number of aryl methyl sites for hydroxylation is 2. The van der Waals surface area contributed by atoms with Crippen molar-refractivity contribution in [3.63, 3.8) is 0 Å². The third kappa shape index (κ3) is 13.3. The smallest absolute Gasteiger partial charge is 0.162 e. The zero-order valence-electron chi connectivity index (χ0n) is 34.7. The van der Waals surface area contributed by atoms with Gasteiger partial charge < -0.3 is 25.2 Å². The van der Waals surface area contributed by atoms with E-state index in [-0.39, 0.29) is 42.8 Å². The van der Waals surface area contributed by atoms with Crippen LogP contribution in [0.25, 0.3) is 20.9 Å². The van der Waals surface area contributed by atoms with E-state index in [2.05, 4.69) is 37.3 Å². The van der Waals surface area contributed by atoms with Crippen molar-refractivity contribution in [1.82, 2.24) is 0 Å². The van der Waals surface area contributed by atoms with Gasteiger partial charge in [-0.15, -0.1) is 22.7 Å². The van der Waals surface area contributed by atoms with Crippen LogP contribution in [0.2, 0.25) is 0 Å². The van der Waals surface area contributed by atoms with Crippen LogP contribution < -0.4 is 0 Å². The monoisotopic (exact) mass is 854 g/mol. The van der Waals surface area contributed by atoms with Crippen LogP contribution in [0.5, 0.6) is 0 Å². The summed E-state index contributed by atoms with van der Waals surface area (Å²) in [7, 11) is 0. The fraction of sp³-hybridized carbons (Fsp3) is 0.340. The van der Waals surface area contributed by atoms with Gasteiger partial charge in [0.25, 0.3) is 0 Å². The number of aliphatic hydroxyl groups excluding tert-OH is 4. The van der Waals surface area contributed by atoms with E-state index in [1.54, 1.807) is 46.9 Å². The number of ketones is 1. The maximum Gasteiger partial charge on any atom is 0.162 e. The molecule has 60 heavy (non-hydrogen) atoms. The Morgan fingerprint density at radius 3 is 1.80 bits per heavy atom. The summed E-state index contributed by atoms with van der Waals surface area (Å²) in [6.45, 7) is 7.79. The number of thiophene rings is 2. The van der Waals surface area contributed by atoms with Crippen molar-refractivity contribution in [3.05, 3.63) is 164 Å². The minimum absolute atomic E-state index is 0.0505. The Hall–Kier alpha value is -4.39. The molecule has 7 rings (SSSR count). The molecular weight excluding hydrogens is 799 g/mol. The maximum atomic E-state index is 13.2. The highest BCUT2D eigenvalue weighted by molar-refractivity contribution is 7.15. The average Bonchev–Trinajstić information content (AvgIpc) is 3.93. The summed E-state index contributed by atoms with van der Waals surface area (Å²) in [6, 6.07) is 33.5. The predicted molar refractivity (Wildman–Crippen MR) is 240 cm³/mol. The Labute approximate surface area is 360 Å². The normalized spacial score (nSPS) is 16.6. The lowest BCUT2D eigenvalue weighted by atomic mass is 9.93. The minimum atomic E-state index is -0.759. The summed E-state index contributed by atoms with van der Waals surface area (Å²) in [5, 5.41) is 37.8. The van der Waals surface area contributed by atoms with Gasteiger partial charge in [0, 0.05) is 57.2 Å². The fourth-order valence-corrected chi connectivity index (χ4v) is 9.11. The van der Waals surface area contributed by atoms with Crippen LogP contribution in [0, 0.1) is 25.5 Å². The second kappa shape index (κ2) is 23.0. The average molecular weight is 855 g/mol. The molecule has 0 spiro atoms. The minimum Gasteiger partial charge on any atom is -0.394 e. The third-order valence-electron chi connectivity index (χ3n) is 10.5. The van der Waals surface area contributed by atoms with Crippen molar-refractivity contribution in [2.24, 2.45) is 0 Å². The summed E-state index contributed by atoms with van der Waals surface area (Å²) in [5.41, 5.74) is 8.41. The van der Waals surface area contributed by atoms with Gasteiger partial charge in [-0.25, -0.2) is 8.78 Å². The summed E-state index contributed by atoms with van der Waals surface area (Å²) < 4.78 is 32.3. The summed E-state index contributed by atoms with van der Waals surface area (Å²) in [6.07, 6.45) is 2.17. The zero-order chi connectivity index (χ0) is 43.2. The van der Waals surface area contributed by atoms with Gasteiger partial charge in [0.15, 0.2) is 5.78 Å². The molecule has 3 heterocycles. The van der Waals surface area contributed by atoms with Crippen LogP contribution in [0.3, 0.4) is 0 Å². The first-order chi connectivity index (χ1) is 29.0. The molecule has 0 bridgehead atoms. The molecule has 4 N–H and O–H groups in total. The van der Waals surface area contributed by atoms with Crippen LogP contribution in [0.1, 0.15) is 100.0 Å². The molecule has 6 nitrogen and oxygen atoms in total. The molecule has 10 heteroatoms. The molecule has 4 aromatic carbocycles. The molecule has 1 aliphatic heterocycles. The van der Waals surface area contributed by atoms with Crippen molar-refractivity contribution < 1.29 is 38.7 Å². The van der Waals surface area contributed by atoms with E-state index in [0.717, 1.165) is 50.4 Å². The zero-order valence-corrected chi connectivity index (χ0v) is 36.4. The SMILES string of the molecule is CC.Cc1ccc(C(=O)CCCC(O)CO)cc1Cc1ccc(-c2ccc(F)cc2)s1.Cc1ccc(C2CC(O)CC(CO)O2)cc1Cc1ccc(-c2ccc(F)cc2)s1. The molecule has 2 aromatic heterocycles. The van der Waals surface area contributed by atoms with Crippen LogP contribution in [0.4, 0.5) is 8.78 Å². The molecule has 318 valence electrons. The van der Waals surface area contributed by atoms with E-state index in [4.69, 9.17) is 9.84 Å². The van der Waals surface area contributed by atoms with Gasteiger partial charge >= 0.3 is 0 Å². The fourth-order valence-electron chi connectivity index (χ4n) is 7.03. The first-order valence-electron chi connectivity index (χ1n) is 20.6. The molecule has 4 unspecified atom stereocenters. The maximum absolute atomic E-state index is 13.2. The van der Waals surface area contributed by atoms with Crippen LogP contribution in [-0.2, 0) is 17.6 Å². The van der Waals surface area contributed by atoms with E-state index >= 15 is 0 Å². The largest absolute Gasteiger partial charge is 0.394 e.